The third-order valence-electron chi connectivity index (χ3n) is 4.57. The maximum Gasteiger partial charge on any atom is 0.178 e. The number of H-pyrrole nitrogens is 1. The molecule has 0 unspecified atom stereocenters. The summed E-state index contributed by atoms with van der Waals surface area (Å²) in [6.45, 7) is 0. The number of azo groups is 1. The molecule has 29 heavy (non-hydrogen) atoms. The first-order valence-electron chi connectivity index (χ1n) is 8.98. The largest absolute Gasteiger partial charge is 0.364 e. The molecule has 0 saturated carbocycles. The topological polar surface area (TPSA) is 121 Å². The lowest BCUT2D eigenvalue weighted by atomic mass is 10.1. The molecule has 0 amide bonds. The molecule has 3 aromatic carbocycles. The third kappa shape index (κ3) is 3.94. The van der Waals surface area contributed by atoms with Gasteiger partial charge in [0.15, 0.2) is 12.6 Å². The molecule has 0 spiro atoms. The Hall–Kier alpha value is -3.36. The van der Waals surface area contributed by atoms with Crippen LogP contribution in [0.2, 0.25) is 0 Å². The minimum Gasteiger partial charge on any atom is -0.364 e. The summed E-state index contributed by atoms with van der Waals surface area (Å²) in [5.41, 5.74) is 3.74. The Balaban J connectivity index is 1.83. The molecule has 0 bridgehead atoms. The number of fused-ring (bicyclic) bond motifs is 1. The summed E-state index contributed by atoms with van der Waals surface area (Å²) in [7, 11) is 0. The number of para-hydroxylation sites is 1. The number of aromatic amines is 1. The van der Waals surface area contributed by atoms with E-state index in [1.54, 1.807) is 0 Å². The monoisotopic (exact) mass is 389 g/mol. The number of hydrogen-bond acceptors (Lipinski definition) is 6. The Bertz CT molecular complexity index is 1140. The third-order valence-corrected chi connectivity index (χ3v) is 4.57. The lowest BCUT2D eigenvalue weighted by Crippen LogP contribution is -2.00. The van der Waals surface area contributed by atoms with E-state index in [1.165, 1.54) is 18.2 Å². The summed E-state index contributed by atoms with van der Waals surface area (Å²) in [5.74, 6) is 0. The summed E-state index contributed by atoms with van der Waals surface area (Å²) in [4.78, 5) is 3.36. The molecule has 0 atom stereocenters. The van der Waals surface area contributed by atoms with E-state index in [2.05, 4.69) is 15.2 Å². The van der Waals surface area contributed by atoms with Gasteiger partial charge in [-0.1, -0.05) is 48.5 Å². The van der Waals surface area contributed by atoms with Gasteiger partial charge in [-0.3, -0.25) is 0 Å². The molecular weight excluding hydrogens is 370 g/mol. The summed E-state index contributed by atoms with van der Waals surface area (Å²) < 4.78 is 0. The number of aromatic nitrogens is 1. The van der Waals surface area contributed by atoms with E-state index in [1.807, 2.05) is 54.6 Å². The van der Waals surface area contributed by atoms with Gasteiger partial charge in [-0.05, 0) is 24.3 Å². The Morgan fingerprint density at radius 1 is 0.690 bits per heavy atom. The Morgan fingerprint density at radius 2 is 1.31 bits per heavy atom. The van der Waals surface area contributed by atoms with Crippen molar-refractivity contribution >= 4 is 22.3 Å². The van der Waals surface area contributed by atoms with Crippen LogP contribution in [0.1, 0.15) is 23.7 Å². The average molecular weight is 389 g/mol. The highest BCUT2D eigenvalue weighted by Gasteiger charge is 2.14. The lowest BCUT2D eigenvalue weighted by molar-refractivity contribution is -0.0474. The van der Waals surface area contributed by atoms with Crippen LogP contribution in [-0.4, -0.2) is 25.4 Å². The molecule has 146 valence electrons. The van der Waals surface area contributed by atoms with Crippen molar-refractivity contribution in [2.24, 2.45) is 10.2 Å². The molecule has 0 saturated heterocycles. The van der Waals surface area contributed by atoms with Crippen molar-refractivity contribution in [2.75, 3.05) is 0 Å². The van der Waals surface area contributed by atoms with Gasteiger partial charge in [-0.15, -0.1) is 5.11 Å². The number of benzene rings is 3. The van der Waals surface area contributed by atoms with Crippen LogP contribution in [0.3, 0.4) is 0 Å². The first-order chi connectivity index (χ1) is 14.0. The summed E-state index contributed by atoms with van der Waals surface area (Å²) in [5, 5.41) is 47.3. The van der Waals surface area contributed by atoms with E-state index in [9.17, 15) is 20.4 Å². The van der Waals surface area contributed by atoms with Crippen molar-refractivity contribution in [3.8, 4) is 11.3 Å². The molecular formula is C22H19N3O4. The molecule has 4 rings (SSSR count). The maximum atomic E-state index is 9.46. The minimum atomic E-state index is -1.77. The van der Waals surface area contributed by atoms with Crippen LogP contribution in [0.4, 0.5) is 11.4 Å². The molecule has 4 aromatic rings. The van der Waals surface area contributed by atoms with E-state index in [-0.39, 0.29) is 16.8 Å². The van der Waals surface area contributed by atoms with Crippen molar-refractivity contribution in [1.82, 2.24) is 4.98 Å². The van der Waals surface area contributed by atoms with Crippen LogP contribution in [0, 0.1) is 0 Å². The molecule has 1 heterocycles. The van der Waals surface area contributed by atoms with Gasteiger partial charge in [0.05, 0.1) is 11.4 Å². The van der Waals surface area contributed by atoms with Gasteiger partial charge in [-0.25, -0.2) is 0 Å². The maximum absolute atomic E-state index is 9.46. The Kier molecular flexibility index (Phi) is 5.20. The van der Waals surface area contributed by atoms with E-state index >= 15 is 0 Å². The predicted molar refractivity (Wildman–Crippen MR) is 109 cm³/mol. The minimum absolute atomic E-state index is 0.0896. The zero-order valence-electron chi connectivity index (χ0n) is 15.3. The van der Waals surface area contributed by atoms with Gasteiger partial charge in [0.1, 0.15) is 5.69 Å². The van der Waals surface area contributed by atoms with Crippen molar-refractivity contribution in [3.05, 3.63) is 83.9 Å². The van der Waals surface area contributed by atoms with Gasteiger partial charge in [-0.2, -0.15) is 5.11 Å². The SMILES string of the molecule is OC(O)c1cc(N=Nc2c(-c3ccccc3)[nH]c3ccccc23)cc(C(O)O)c1. The van der Waals surface area contributed by atoms with E-state index < -0.39 is 12.6 Å². The summed E-state index contributed by atoms with van der Waals surface area (Å²) in [6, 6.07) is 21.6. The van der Waals surface area contributed by atoms with E-state index in [0.29, 0.717) is 5.69 Å². The van der Waals surface area contributed by atoms with Crippen LogP contribution >= 0.6 is 0 Å². The molecule has 7 heteroatoms. The highest BCUT2D eigenvalue weighted by Crippen LogP contribution is 2.38. The predicted octanol–water partition coefficient (Wildman–Crippen LogP) is 4.22. The standard InChI is InChI=1S/C22H19N3O4/c26-21(27)14-10-15(22(28)29)12-16(11-14)24-25-20-17-8-4-5-9-18(17)23-19(20)13-6-2-1-3-7-13/h1-12,21-23,26-29H. The molecule has 0 aliphatic heterocycles. The second-order valence-corrected chi connectivity index (χ2v) is 6.57. The first kappa shape index (κ1) is 19.0. The molecule has 0 fully saturated rings. The summed E-state index contributed by atoms with van der Waals surface area (Å²) in [6.07, 6.45) is -3.54. The smallest absolute Gasteiger partial charge is 0.178 e. The molecule has 1 aromatic heterocycles. The molecule has 0 aliphatic carbocycles. The summed E-state index contributed by atoms with van der Waals surface area (Å²) >= 11 is 0. The van der Waals surface area contributed by atoms with Crippen molar-refractivity contribution in [1.29, 1.82) is 0 Å². The Labute approximate surface area is 166 Å². The van der Waals surface area contributed by atoms with Gasteiger partial charge >= 0.3 is 0 Å². The number of rotatable bonds is 5. The number of nitrogens with one attached hydrogen (secondary N) is 1. The first-order valence-corrected chi connectivity index (χ1v) is 8.98. The highest BCUT2D eigenvalue weighted by atomic mass is 16.5. The van der Waals surface area contributed by atoms with Crippen LogP contribution in [0.15, 0.2) is 83.0 Å². The number of aliphatic hydroxyl groups is 4. The van der Waals surface area contributed by atoms with Crippen LogP contribution in [0.25, 0.3) is 22.2 Å². The van der Waals surface area contributed by atoms with Crippen molar-refractivity contribution < 1.29 is 20.4 Å². The fourth-order valence-electron chi connectivity index (χ4n) is 3.17. The average Bonchev–Trinajstić information content (AvgIpc) is 3.11. The zero-order chi connectivity index (χ0) is 20.4. The fourth-order valence-corrected chi connectivity index (χ4v) is 3.17. The van der Waals surface area contributed by atoms with Gasteiger partial charge in [0.25, 0.3) is 0 Å². The molecule has 0 aliphatic rings. The fraction of sp³-hybridized carbons (Fsp3) is 0.0909. The normalized spacial score (nSPS) is 11.9. The number of nitrogens with zero attached hydrogens (tertiary/aromatic N) is 2. The highest BCUT2D eigenvalue weighted by molar-refractivity contribution is 5.99. The van der Waals surface area contributed by atoms with E-state index in [0.717, 1.165) is 22.2 Å². The molecule has 0 radical (unpaired) electrons. The zero-order valence-corrected chi connectivity index (χ0v) is 15.3. The van der Waals surface area contributed by atoms with E-state index in [4.69, 9.17) is 0 Å². The van der Waals surface area contributed by atoms with Crippen molar-refractivity contribution in [3.63, 3.8) is 0 Å². The van der Waals surface area contributed by atoms with Crippen LogP contribution in [-0.2, 0) is 0 Å². The Morgan fingerprint density at radius 3 is 1.97 bits per heavy atom. The molecule has 5 N–H and O–H groups in total. The van der Waals surface area contributed by atoms with Crippen LogP contribution in [0.5, 0.6) is 0 Å². The second-order valence-electron chi connectivity index (χ2n) is 6.57. The van der Waals surface area contributed by atoms with Crippen LogP contribution < -0.4 is 0 Å². The second kappa shape index (κ2) is 7.94. The number of aliphatic hydroxyl groups excluding tert-OH is 2. The van der Waals surface area contributed by atoms with Gasteiger partial charge in [0.2, 0.25) is 0 Å². The lowest BCUT2D eigenvalue weighted by Gasteiger charge is -2.09. The quantitative estimate of drug-likeness (QED) is 0.259. The van der Waals surface area contributed by atoms with Gasteiger partial charge < -0.3 is 25.4 Å². The van der Waals surface area contributed by atoms with Gasteiger partial charge in [0, 0.05) is 27.6 Å². The molecule has 7 nitrogen and oxygen atoms in total. The number of hydrogen-bond donors (Lipinski definition) is 5. The van der Waals surface area contributed by atoms with Crippen molar-refractivity contribution in [2.45, 2.75) is 12.6 Å².